The second-order valence-corrected chi connectivity index (χ2v) is 3.71. The highest BCUT2D eigenvalue weighted by molar-refractivity contribution is 5.78. The van der Waals surface area contributed by atoms with Gasteiger partial charge in [-0.2, -0.15) is 0 Å². The molecule has 1 fully saturated rings. The van der Waals surface area contributed by atoms with Crippen LogP contribution in [0.1, 0.15) is 11.6 Å². The van der Waals surface area contributed by atoms with Crippen molar-refractivity contribution in [1.82, 2.24) is 4.90 Å². The normalized spacial score (nSPS) is 21.8. The minimum atomic E-state index is -0.0188. The maximum atomic E-state index is 11.4. The van der Waals surface area contributed by atoms with Gasteiger partial charge in [-0.1, -0.05) is 12.1 Å². The summed E-state index contributed by atoms with van der Waals surface area (Å²) in [6.07, 6.45) is 0. The van der Waals surface area contributed by atoms with E-state index in [1.807, 2.05) is 24.3 Å². The largest absolute Gasteiger partial charge is 0.399 e. The third-order valence-corrected chi connectivity index (χ3v) is 2.66. The van der Waals surface area contributed by atoms with Gasteiger partial charge in [-0.3, -0.25) is 4.79 Å². The molecule has 1 atom stereocenters. The van der Waals surface area contributed by atoms with Crippen LogP contribution in [0.4, 0.5) is 5.69 Å². The summed E-state index contributed by atoms with van der Waals surface area (Å²) in [7, 11) is 1.79. The molecule has 1 heterocycles. The number of anilines is 1. The molecular formula is C11H14N2O2. The molecule has 1 aliphatic rings. The number of carbonyl (C=O) groups is 1. The molecule has 0 aromatic heterocycles. The Morgan fingerprint density at radius 3 is 3.07 bits per heavy atom. The van der Waals surface area contributed by atoms with Crippen molar-refractivity contribution in [3.05, 3.63) is 29.8 Å². The number of ether oxygens (including phenoxy) is 1. The number of hydrogen-bond acceptors (Lipinski definition) is 3. The summed E-state index contributed by atoms with van der Waals surface area (Å²) in [5.74, 6) is 0.00803. The van der Waals surface area contributed by atoms with Gasteiger partial charge < -0.3 is 15.4 Å². The van der Waals surface area contributed by atoms with Crippen LogP contribution in [-0.4, -0.2) is 31.1 Å². The van der Waals surface area contributed by atoms with Crippen LogP contribution in [0.15, 0.2) is 24.3 Å². The van der Waals surface area contributed by atoms with E-state index < -0.39 is 0 Å². The number of nitrogen functional groups attached to an aromatic ring is 1. The van der Waals surface area contributed by atoms with Gasteiger partial charge in [0.15, 0.2) is 0 Å². The van der Waals surface area contributed by atoms with Gasteiger partial charge in [0.2, 0.25) is 5.91 Å². The van der Waals surface area contributed by atoms with E-state index in [0.29, 0.717) is 12.3 Å². The summed E-state index contributed by atoms with van der Waals surface area (Å²) >= 11 is 0. The molecule has 0 spiro atoms. The van der Waals surface area contributed by atoms with Crippen LogP contribution in [0.25, 0.3) is 0 Å². The van der Waals surface area contributed by atoms with Crippen LogP contribution >= 0.6 is 0 Å². The molecule has 1 amide bonds. The lowest BCUT2D eigenvalue weighted by atomic mass is 10.0. The SMILES string of the molecule is CN1C(=O)COCC1c1cccc(N)c1. The molecule has 2 N–H and O–H groups in total. The fraction of sp³-hybridized carbons (Fsp3) is 0.364. The third kappa shape index (κ3) is 1.94. The first-order valence-electron chi connectivity index (χ1n) is 4.87. The van der Waals surface area contributed by atoms with Crippen LogP contribution in [0, 0.1) is 0 Å². The van der Waals surface area contributed by atoms with E-state index in [4.69, 9.17) is 10.5 Å². The average Bonchev–Trinajstić information content (AvgIpc) is 2.22. The molecule has 80 valence electrons. The minimum absolute atomic E-state index is 0.00803. The summed E-state index contributed by atoms with van der Waals surface area (Å²) in [5.41, 5.74) is 7.43. The Hall–Kier alpha value is -1.55. The molecule has 15 heavy (non-hydrogen) atoms. The van der Waals surface area contributed by atoms with E-state index in [9.17, 15) is 4.79 Å². The van der Waals surface area contributed by atoms with Crippen LogP contribution in [-0.2, 0) is 9.53 Å². The first-order chi connectivity index (χ1) is 7.18. The van der Waals surface area contributed by atoms with Crippen molar-refractivity contribution in [2.45, 2.75) is 6.04 Å². The Labute approximate surface area is 88.6 Å². The van der Waals surface area contributed by atoms with Gasteiger partial charge in [-0.15, -0.1) is 0 Å². The maximum absolute atomic E-state index is 11.4. The number of benzene rings is 1. The quantitative estimate of drug-likeness (QED) is 0.691. The number of rotatable bonds is 1. The number of amides is 1. The fourth-order valence-corrected chi connectivity index (χ4v) is 1.73. The van der Waals surface area contributed by atoms with Gasteiger partial charge >= 0.3 is 0 Å². The molecule has 4 heteroatoms. The Balaban J connectivity index is 2.26. The van der Waals surface area contributed by atoms with Crippen LogP contribution in [0.3, 0.4) is 0 Å². The minimum Gasteiger partial charge on any atom is -0.399 e. The molecule has 1 aromatic carbocycles. The van der Waals surface area contributed by atoms with Gasteiger partial charge in [0.25, 0.3) is 0 Å². The Bertz CT molecular complexity index is 379. The smallest absolute Gasteiger partial charge is 0.248 e. The average molecular weight is 206 g/mol. The Morgan fingerprint density at radius 2 is 2.33 bits per heavy atom. The van der Waals surface area contributed by atoms with Gasteiger partial charge in [0.1, 0.15) is 6.61 Å². The fourth-order valence-electron chi connectivity index (χ4n) is 1.73. The van der Waals surface area contributed by atoms with Crippen LogP contribution in [0.5, 0.6) is 0 Å². The molecule has 0 radical (unpaired) electrons. The van der Waals surface area contributed by atoms with E-state index in [-0.39, 0.29) is 18.6 Å². The van der Waals surface area contributed by atoms with E-state index in [2.05, 4.69) is 0 Å². The summed E-state index contributed by atoms with van der Waals surface area (Å²) in [4.78, 5) is 13.1. The van der Waals surface area contributed by atoms with E-state index in [1.165, 1.54) is 0 Å². The predicted octanol–water partition coefficient (Wildman–Crippen LogP) is 0.798. The highest BCUT2D eigenvalue weighted by Crippen LogP contribution is 2.24. The van der Waals surface area contributed by atoms with Crippen LogP contribution in [0.2, 0.25) is 0 Å². The van der Waals surface area contributed by atoms with Crippen molar-refractivity contribution < 1.29 is 9.53 Å². The highest BCUT2D eigenvalue weighted by atomic mass is 16.5. The number of likely N-dealkylation sites (N-methyl/N-ethyl adjacent to an activating group) is 1. The molecule has 1 saturated heterocycles. The molecule has 4 nitrogen and oxygen atoms in total. The molecular weight excluding hydrogens is 192 g/mol. The van der Waals surface area contributed by atoms with Gasteiger partial charge in [0.05, 0.1) is 12.6 Å². The predicted molar refractivity (Wildman–Crippen MR) is 57.2 cm³/mol. The lowest BCUT2D eigenvalue weighted by Gasteiger charge is -2.32. The molecule has 1 aromatic rings. The zero-order valence-electron chi connectivity index (χ0n) is 8.64. The topological polar surface area (TPSA) is 55.6 Å². The summed E-state index contributed by atoms with van der Waals surface area (Å²) in [6.45, 7) is 0.709. The van der Waals surface area contributed by atoms with Crippen molar-refractivity contribution >= 4 is 11.6 Å². The number of nitrogens with zero attached hydrogens (tertiary/aromatic N) is 1. The monoisotopic (exact) mass is 206 g/mol. The van der Waals surface area contributed by atoms with Gasteiger partial charge in [-0.05, 0) is 17.7 Å². The molecule has 0 bridgehead atoms. The molecule has 1 aliphatic heterocycles. The van der Waals surface area contributed by atoms with Crippen LogP contribution < -0.4 is 5.73 Å². The summed E-state index contributed by atoms with van der Waals surface area (Å²) < 4.78 is 5.23. The van der Waals surface area contributed by atoms with E-state index in [1.54, 1.807) is 11.9 Å². The summed E-state index contributed by atoms with van der Waals surface area (Å²) in [6, 6.07) is 7.53. The van der Waals surface area contributed by atoms with E-state index >= 15 is 0 Å². The number of carbonyl (C=O) groups excluding carboxylic acids is 1. The third-order valence-electron chi connectivity index (χ3n) is 2.66. The second kappa shape index (κ2) is 3.90. The lowest BCUT2D eigenvalue weighted by Crippen LogP contribution is -2.41. The van der Waals surface area contributed by atoms with Crippen molar-refractivity contribution in [3.8, 4) is 0 Å². The maximum Gasteiger partial charge on any atom is 0.248 e. The van der Waals surface area contributed by atoms with Crippen molar-refractivity contribution in [3.63, 3.8) is 0 Å². The van der Waals surface area contributed by atoms with Crippen molar-refractivity contribution in [2.24, 2.45) is 0 Å². The second-order valence-electron chi connectivity index (χ2n) is 3.71. The van der Waals surface area contributed by atoms with Crippen molar-refractivity contribution in [1.29, 1.82) is 0 Å². The Kier molecular flexibility index (Phi) is 2.60. The first kappa shape index (κ1) is 9.98. The Morgan fingerprint density at radius 1 is 1.53 bits per heavy atom. The zero-order chi connectivity index (χ0) is 10.8. The van der Waals surface area contributed by atoms with E-state index in [0.717, 1.165) is 5.56 Å². The number of nitrogens with two attached hydrogens (primary N) is 1. The van der Waals surface area contributed by atoms with Gasteiger partial charge in [-0.25, -0.2) is 0 Å². The number of morpholine rings is 1. The molecule has 2 rings (SSSR count). The lowest BCUT2D eigenvalue weighted by molar-refractivity contribution is -0.146. The first-order valence-corrected chi connectivity index (χ1v) is 4.87. The van der Waals surface area contributed by atoms with Crippen molar-refractivity contribution in [2.75, 3.05) is 26.0 Å². The standard InChI is InChI=1S/C11H14N2O2/c1-13-10(6-15-7-11(13)14)8-3-2-4-9(12)5-8/h2-5,10H,6-7,12H2,1H3. The zero-order valence-corrected chi connectivity index (χ0v) is 8.64. The summed E-state index contributed by atoms with van der Waals surface area (Å²) in [5, 5.41) is 0. The number of hydrogen-bond donors (Lipinski definition) is 1. The van der Waals surface area contributed by atoms with Gasteiger partial charge in [0, 0.05) is 12.7 Å². The molecule has 0 saturated carbocycles. The molecule has 0 aliphatic carbocycles. The highest BCUT2D eigenvalue weighted by Gasteiger charge is 2.26. The molecule has 1 unspecified atom stereocenters.